The van der Waals surface area contributed by atoms with E-state index in [1.54, 1.807) is 0 Å². The molecule has 1 fully saturated rings. The van der Waals surface area contributed by atoms with Gasteiger partial charge in [0.1, 0.15) is 0 Å². The van der Waals surface area contributed by atoms with Crippen molar-refractivity contribution >= 4 is 0 Å². The lowest BCUT2D eigenvalue weighted by Gasteiger charge is -2.46. The molecule has 0 saturated heterocycles. The molecule has 1 atom stereocenters. The minimum atomic E-state index is 0.338. The molecule has 2 nitrogen and oxygen atoms in total. The third-order valence-electron chi connectivity index (χ3n) is 5.09. The van der Waals surface area contributed by atoms with E-state index in [0.717, 1.165) is 6.61 Å². The van der Waals surface area contributed by atoms with Crippen LogP contribution < -0.4 is 5.32 Å². The smallest absolute Gasteiger partial charge is 0.0604 e. The second kappa shape index (κ2) is 5.50. The zero-order chi connectivity index (χ0) is 14.2. The number of ether oxygens (including phenoxy) is 1. The van der Waals surface area contributed by atoms with Gasteiger partial charge in [-0.15, -0.1) is 0 Å². The van der Waals surface area contributed by atoms with Gasteiger partial charge in [0.05, 0.1) is 6.10 Å². The highest BCUT2D eigenvalue weighted by molar-refractivity contribution is 5.34. The Kier molecular flexibility index (Phi) is 3.87. The van der Waals surface area contributed by atoms with Crippen molar-refractivity contribution in [2.24, 2.45) is 5.41 Å². The standard InChI is InChI=1S/C18H27NO/c1-4-20-15-11-14(12-15)19-17-16-8-6-5-7-13(16)9-10-18(17,2)3/h5-8,14-15,17,19H,4,9-12H2,1-3H3. The first-order chi connectivity index (χ1) is 9.60. The Morgan fingerprint density at radius 1 is 1.25 bits per heavy atom. The van der Waals surface area contributed by atoms with E-state index in [-0.39, 0.29) is 0 Å². The van der Waals surface area contributed by atoms with E-state index in [9.17, 15) is 0 Å². The SMILES string of the molecule is CCOC1CC(NC2c3ccccc3CCC2(C)C)C1. The number of hydrogen-bond donors (Lipinski definition) is 1. The maximum atomic E-state index is 5.68. The monoisotopic (exact) mass is 273 g/mol. The highest BCUT2D eigenvalue weighted by atomic mass is 16.5. The predicted octanol–water partition coefficient (Wildman–Crippen LogP) is 3.86. The number of aryl methyl sites for hydroxylation is 1. The van der Waals surface area contributed by atoms with Gasteiger partial charge in [-0.2, -0.15) is 0 Å². The molecule has 20 heavy (non-hydrogen) atoms. The molecule has 0 heterocycles. The molecule has 2 aliphatic carbocycles. The molecule has 0 spiro atoms. The highest BCUT2D eigenvalue weighted by Crippen LogP contribution is 2.44. The minimum absolute atomic E-state index is 0.338. The Hall–Kier alpha value is -0.860. The summed E-state index contributed by atoms with van der Waals surface area (Å²) in [6, 6.07) is 10.1. The van der Waals surface area contributed by atoms with Gasteiger partial charge < -0.3 is 10.1 Å². The Bertz CT molecular complexity index is 462. The predicted molar refractivity (Wildman–Crippen MR) is 82.9 cm³/mol. The van der Waals surface area contributed by atoms with Crippen molar-refractivity contribution in [1.82, 2.24) is 5.32 Å². The van der Waals surface area contributed by atoms with E-state index in [1.807, 2.05) is 0 Å². The third kappa shape index (κ3) is 2.64. The summed E-state index contributed by atoms with van der Waals surface area (Å²) < 4.78 is 5.68. The van der Waals surface area contributed by atoms with Crippen molar-refractivity contribution < 1.29 is 4.74 Å². The minimum Gasteiger partial charge on any atom is -0.378 e. The van der Waals surface area contributed by atoms with Crippen LogP contribution >= 0.6 is 0 Å². The average molecular weight is 273 g/mol. The molecule has 2 aliphatic rings. The largest absolute Gasteiger partial charge is 0.378 e. The summed E-state index contributed by atoms with van der Waals surface area (Å²) in [7, 11) is 0. The molecule has 0 radical (unpaired) electrons. The van der Waals surface area contributed by atoms with E-state index in [1.165, 1.54) is 36.8 Å². The fourth-order valence-electron chi connectivity index (χ4n) is 3.69. The summed E-state index contributed by atoms with van der Waals surface area (Å²) in [5.41, 5.74) is 3.39. The molecule has 0 amide bonds. The van der Waals surface area contributed by atoms with Gasteiger partial charge in [-0.1, -0.05) is 38.1 Å². The van der Waals surface area contributed by atoms with Gasteiger partial charge >= 0.3 is 0 Å². The van der Waals surface area contributed by atoms with Crippen LogP contribution in [0, 0.1) is 5.41 Å². The van der Waals surface area contributed by atoms with E-state index in [2.05, 4.69) is 50.4 Å². The van der Waals surface area contributed by atoms with Crippen LogP contribution in [0.25, 0.3) is 0 Å². The highest BCUT2D eigenvalue weighted by Gasteiger charge is 2.39. The zero-order valence-electron chi connectivity index (χ0n) is 13.0. The van der Waals surface area contributed by atoms with Crippen LogP contribution in [0.3, 0.4) is 0 Å². The summed E-state index contributed by atoms with van der Waals surface area (Å²) in [6.45, 7) is 7.73. The molecule has 0 aromatic heterocycles. The average Bonchev–Trinajstić information content (AvgIpc) is 2.39. The first-order valence-electron chi connectivity index (χ1n) is 8.05. The summed E-state index contributed by atoms with van der Waals surface area (Å²) in [5, 5.41) is 3.91. The molecular formula is C18H27NO. The van der Waals surface area contributed by atoms with Gasteiger partial charge in [0, 0.05) is 18.7 Å². The number of fused-ring (bicyclic) bond motifs is 1. The second-order valence-corrected chi connectivity index (χ2v) is 7.03. The number of nitrogens with one attached hydrogen (secondary N) is 1. The van der Waals surface area contributed by atoms with Crippen molar-refractivity contribution in [3.63, 3.8) is 0 Å². The molecule has 2 heteroatoms. The van der Waals surface area contributed by atoms with Gasteiger partial charge in [0.25, 0.3) is 0 Å². The van der Waals surface area contributed by atoms with Gasteiger partial charge in [-0.05, 0) is 49.1 Å². The molecule has 1 aromatic rings. The number of hydrogen-bond acceptors (Lipinski definition) is 2. The molecule has 0 bridgehead atoms. The van der Waals surface area contributed by atoms with Crippen LogP contribution in [0.5, 0.6) is 0 Å². The first-order valence-corrected chi connectivity index (χ1v) is 8.05. The topological polar surface area (TPSA) is 21.3 Å². The Labute approximate surface area is 122 Å². The van der Waals surface area contributed by atoms with Crippen molar-refractivity contribution in [3.05, 3.63) is 35.4 Å². The molecular weight excluding hydrogens is 246 g/mol. The molecule has 110 valence electrons. The van der Waals surface area contributed by atoms with Crippen LogP contribution in [0.15, 0.2) is 24.3 Å². The van der Waals surface area contributed by atoms with Crippen molar-refractivity contribution in [2.75, 3.05) is 6.61 Å². The summed E-state index contributed by atoms with van der Waals surface area (Å²) >= 11 is 0. The lowest BCUT2D eigenvalue weighted by Crippen LogP contribution is -2.50. The Morgan fingerprint density at radius 2 is 2.00 bits per heavy atom. The first kappa shape index (κ1) is 14.1. The molecule has 1 unspecified atom stereocenters. The molecule has 3 rings (SSSR count). The lowest BCUT2D eigenvalue weighted by atomic mass is 9.69. The van der Waals surface area contributed by atoms with E-state index in [0.29, 0.717) is 23.6 Å². The maximum Gasteiger partial charge on any atom is 0.0604 e. The van der Waals surface area contributed by atoms with Gasteiger partial charge in [-0.3, -0.25) is 0 Å². The van der Waals surface area contributed by atoms with Crippen LogP contribution in [-0.4, -0.2) is 18.8 Å². The fourth-order valence-corrected chi connectivity index (χ4v) is 3.69. The summed E-state index contributed by atoms with van der Waals surface area (Å²) in [4.78, 5) is 0. The van der Waals surface area contributed by atoms with Crippen LogP contribution in [0.1, 0.15) is 57.2 Å². The van der Waals surface area contributed by atoms with Gasteiger partial charge in [-0.25, -0.2) is 0 Å². The fraction of sp³-hybridized carbons (Fsp3) is 0.667. The third-order valence-corrected chi connectivity index (χ3v) is 5.09. The lowest BCUT2D eigenvalue weighted by molar-refractivity contribution is -0.0176. The molecule has 1 aromatic carbocycles. The Balaban J connectivity index is 1.71. The molecule has 1 N–H and O–H groups in total. The van der Waals surface area contributed by atoms with E-state index < -0.39 is 0 Å². The molecule has 0 aliphatic heterocycles. The quantitative estimate of drug-likeness (QED) is 0.899. The number of rotatable bonds is 4. The van der Waals surface area contributed by atoms with E-state index in [4.69, 9.17) is 4.74 Å². The molecule has 1 saturated carbocycles. The number of benzene rings is 1. The Morgan fingerprint density at radius 3 is 2.75 bits per heavy atom. The zero-order valence-corrected chi connectivity index (χ0v) is 13.0. The van der Waals surface area contributed by atoms with Crippen LogP contribution in [0.4, 0.5) is 0 Å². The summed E-state index contributed by atoms with van der Waals surface area (Å²) in [5.74, 6) is 0. The summed E-state index contributed by atoms with van der Waals surface area (Å²) in [6.07, 6.45) is 5.31. The van der Waals surface area contributed by atoms with E-state index >= 15 is 0 Å². The maximum absolute atomic E-state index is 5.68. The van der Waals surface area contributed by atoms with Crippen molar-refractivity contribution in [2.45, 2.75) is 64.6 Å². The normalized spacial score (nSPS) is 31.4. The van der Waals surface area contributed by atoms with Crippen LogP contribution in [-0.2, 0) is 11.2 Å². The second-order valence-electron chi connectivity index (χ2n) is 7.03. The van der Waals surface area contributed by atoms with Crippen molar-refractivity contribution in [1.29, 1.82) is 0 Å². The van der Waals surface area contributed by atoms with Crippen molar-refractivity contribution in [3.8, 4) is 0 Å². The van der Waals surface area contributed by atoms with Gasteiger partial charge in [0.2, 0.25) is 0 Å². The van der Waals surface area contributed by atoms with Gasteiger partial charge in [0.15, 0.2) is 0 Å². The van der Waals surface area contributed by atoms with Crippen LogP contribution in [0.2, 0.25) is 0 Å².